The van der Waals surface area contributed by atoms with Crippen molar-refractivity contribution in [1.82, 2.24) is 15.1 Å². The van der Waals surface area contributed by atoms with Crippen molar-refractivity contribution in [3.05, 3.63) is 0 Å². The number of aliphatic imine (C=N–C) groups is 1. The van der Waals surface area contributed by atoms with E-state index in [1.165, 1.54) is 11.8 Å². The molecule has 1 heterocycles. The molecule has 0 aromatic heterocycles. The molecule has 1 aliphatic heterocycles. The van der Waals surface area contributed by atoms with E-state index in [1.807, 2.05) is 4.90 Å². The molecular weight excluding hydrogens is 396 g/mol. The third kappa shape index (κ3) is 6.58. The fourth-order valence-corrected chi connectivity index (χ4v) is 2.16. The molecule has 1 saturated heterocycles. The molecule has 126 valence electrons. The minimum atomic E-state index is -4.15. The first-order chi connectivity index (χ1) is 9.25. The number of nitrogens with one attached hydrogen (secondary N) is 1. The lowest BCUT2D eigenvalue weighted by molar-refractivity contribution is -0.181. The van der Waals surface area contributed by atoms with Crippen LogP contribution in [0.1, 0.15) is 20.8 Å². The first kappa shape index (κ1) is 20.8. The highest BCUT2D eigenvalue weighted by atomic mass is 127. The van der Waals surface area contributed by atoms with E-state index in [-0.39, 0.29) is 24.0 Å². The quantitative estimate of drug-likeness (QED) is 0.431. The zero-order chi connectivity index (χ0) is 15.3. The predicted molar refractivity (Wildman–Crippen MR) is 90.3 cm³/mol. The summed E-state index contributed by atoms with van der Waals surface area (Å²) < 4.78 is 38.0. The standard InChI is InChI=1S/C13H25F3N4.HI/c1-10(2)9-18-12(17-4)20-7-5-19(6-8-20)11(3)13(14,15)16;/h10-11H,5-9H2,1-4H3,(H,17,18);1H. The Kier molecular flexibility index (Phi) is 8.91. The van der Waals surface area contributed by atoms with Crippen LogP contribution >= 0.6 is 24.0 Å². The van der Waals surface area contributed by atoms with Crippen LogP contribution in [0.3, 0.4) is 0 Å². The van der Waals surface area contributed by atoms with Crippen LogP contribution in [0.5, 0.6) is 0 Å². The number of piperazine rings is 1. The van der Waals surface area contributed by atoms with E-state index < -0.39 is 12.2 Å². The van der Waals surface area contributed by atoms with E-state index in [0.717, 1.165) is 12.5 Å². The molecule has 0 aromatic rings. The van der Waals surface area contributed by atoms with E-state index in [2.05, 4.69) is 24.2 Å². The van der Waals surface area contributed by atoms with E-state index in [0.29, 0.717) is 32.1 Å². The van der Waals surface area contributed by atoms with Crippen LogP contribution in [0.15, 0.2) is 4.99 Å². The zero-order valence-electron chi connectivity index (χ0n) is 13.1. The van der Waals surface area contributed by atoms with Crippen LogP contribution in [0.4, 0.5) is 13.2 Å². The fourth-order valence-electron chi connectivity index (χ4n) is 2.16. The summed E-state index contributed by atoms with van der Waals surface area (Å²) >= 11 is 0. The minimum Gasteiger partial charge on any atom is -0.356 e. The summed E-state index contributed by atoms with van der Waals surface area (Å²) in [4.78, 5) is 7.69. The van der Waals surface area contributed by atoms with Crippen LogP contribution in [-0.4, -0.2) is 67.7 Å². The number of hydrogen-bond donors (Lipinski definition) is 1. The molecule has 1 rings (SSSR count). The largest absolute Gasteiger partial charge is 0.403 e. The van der Waals surface area contributed by atoms with Crippen molar-refractivity contribution in [2.24, 2.45) is 10.9 Å². The SMILES string of the molecule is CN=C(NCC(C)C)N1CCN(C(C)C(F)(F)F)CC1.I. The van der Waals surface area contributed by atoms with Gasteiger partial charge >= 0.3 is 6.18 Å². The highest BCUT2D eigenvalue weighted by Crippen LogP contribution is 2.25. The third-order valence-electron chi connectivity index (χ3n) is 3.52. The second-order valence-electron chi connectivity index (χ2n) is 5.56. The summed E-state index contributed by atoms with van der Waals surface area (Å²) in [6.07, 6.45) is -4.15. The summed E-state index contributed by atoms with van der Waals surface area (Å²) in [6.45, 7) is 8.18. The number of nitrogens with zero attached hydrogens (tertiary/aromatic N) is 3. The maximum Gasteiger partial charge on any atom is 0.403 e. The Hall–Kier alpha value is -0.250. The number of guanidine groups is 1. The maximum absolute atomic E-state index is 12.7. The van der Waals surface area contributed by atoms with Gasteiger partial charge in [0.25, 0.3) is 0 Å². The minimum absolute atomic E-state index is 0. The summed E-state index contributed by atoms with van der Waals surface area (Å²) in [7, 11) is 1.70. The van der Waals surface area contributed by atoms with Gasteiger partial charge in [-0.05, 0) is 12.8 Å². The van der Waals surface area contributed by atoms with Crippen LogP contribution in [0, 0.1) is 5.92 Å². The molecule has 0 aliphatic carbocycles. The predicted octanol–water partition coefficient (Wildman–Crippen LogP) is 2.40. The summed E-state index contributed by atoms with van der Waals surface area (Å²) in [5.74, 6) is 1.27. The van der Waals surface area contributed by atoms with Crippen LogP contribution in [0.2, 0.25) is 0 Å². The van der Waals surface area contributed by atoms with Gasteiger partial charge in [0.05, 0.1) is 0 Å². The Morgan fingerprint density at radius 1 is 1.14 bits per heavy atom. The van der Waals surface area contributed by atoms with Gasteiger partial charge in [0.1, 0.15) is 6.04 Å². The number of rotatable bonds is 3. The smallest absolute Gasteiger partial charge is 0.356 e. The maximum atomic E-state index is 12.7. The summed E-state index contributed by atoms with van der Waals surface area (Å²) in [5, 5.41) is 3.25. The van der Waals surface area contributed by atoms with Gasteiger partial charge in [-0.15, -0.1) is 24.0 Å². The molecular formula is C13H26F3IN4. The van der Waals surface area contributed by atoms with Gasteiger partial charge in [0.15, 0.2) is 5.96 Å². The van der Waals surface area contributed by atoms with Crippen molar-refractivity contribution < 1.29 is 13.2 Å². The molecule has 0 spiro atoms. The van der Waals surface area contributed by atoms with Gasteiger partial charge in [-0.1, -0.05) is 13.8 Å². The van der Waals surface area contributed by atoms with Gasteiger partial charge in [-0.2, -0.15) is 13.2 Å². The molecule has 1 fully saturated rings. The van der Waals surface area contributed by atoms with Crippen molar-refractivity contribution in [2.45, 2.75) is 33.0 Å². The molecule has 1 atom stereocenters. The highest BCUT2D eigenvalue weighted by Gasteiger charge is 2.40. The Labute approximate surface area is 142 Å². The van der Waals surface area contributed by atoms with E-state index in [9.17, 15) is 13.2 Å². The van der Waals surface area contributed by atoms with E-state index in [4.69, 9.17) is 0 Å². The Morgan fingerprint density at radius 3 is 2.05 bits per heavy atom. The Morgan fingerprint density at radius 2 is 1.67 bits per heavy atom. The fraction of sp³-hybridized carbons (Fsp3) is 0.923. The first-order valence-electron chi connectivity index (χ1n) is 7.02. The van der Waals surface area contributed by atoms with E-state index in [1.54, 1.807) is 7.05 Å². The second-order valence-corrected chi connectivity index (χ2v) is 5.56. The molecule has 1 N–H and O–H groups in total. The van der Waals surface area contributed by atoms with Crippen molar-refractivity contribution in [3.8, 4) is 0 Å². The molecule has 0 radical (unpaired) electrons. The van der Waals surface area contributed by atoms with Gasteiger partial charge in [0, 0.05) is 39.8 Å². The first-order valence-corrected chi connectivity index (χ1v) is 7.02. The average Bonchev–Trinajstić information content (AvgIpc) is 2.38. The monoisotopic (exact) mass is 422 g/mol. The highest BCUT2D eigenvalue weighted by molar-refractivity contribution is 14.0. The molecule has 0 amide bonds. The molecule has 0 saturated carbocycles. The van der Waals surface area contributed by atoms with Gasteiger partial charge in [-0.25, -0.2) is 0 Å². The Bertz CT molecular complexity index is 326. The molecule has 4 nitrogen and oxygen atoms in total. The second kappa shape index (κ2) is 9.02. The molecule has 0 aromatic carbocycles. The lowest BCUT2D eigenvalue weighted by Crippen LogP contribution is -2.57. The summed E-state index contributed by atoms with van der Waals surface area (Å²) in [5.41, 5.74) is 0. The van der Waals surface area contributed by atoms with Crippen molar-refractivity contribution in [2.75, 3.05) is 39.8 Å². The van der Waals surface area contributed by atoms with Crippen molar-refractivity contribution >= 4 is 29.9 Å². The van der Waals surface area contributed by atoms with E-state index >= 15 is 0 Å². The Balaban J connectivity index is 0.00000400. The number of hydrogen-bond acceptors (Lipinski definition) is 2. The average molecular weight is 422 g/mol. The lowest BCUT2D eigenvalue weighted by Gasteiger charge is -2.39. The van der Waals surface area contributed by atoms with Gasteiger partial charge in [-0.3, -0.25) is 9.89 Å². The molecule has 1 aliphatic rings. The lowest BCUT2D eigenvalue weighted by atomic mass is 10.2. The molecule has 8 heteroatoms. The summed E-state index contributed by atoms with van der Waals surface area (Å²) in [6, 6.07) is -1.38. The van der Waals surface area contributed by atoms with Crippen LogP contribution < -0.4 is 5.32 Å². The number of halogens is 4. The van der Waals surface area contributed by atoms with Crippen LogP contribution in [-0.2, 0) is 0 Å². The third-order valence-corrected chi connectivity index (χ3v) is 3.52. The van der Waals surface area contributed by atoms with Crippen molar-refractivity contribution in [3.63, 3.8) is 0 Å². The van der Waals surface area contributed by atoms with Gasteiger partial charge < -0.3 is 10.2 Å². The normalized spacial score (nSPS) is 19.4. The molecule has 21 heavy (non-hydrogen) atoms. The van der Waals surface area contributed by atoms with Gasteiger partial charge in [0.2, 0.25) is 0 Å². The topological polar surface area (TPSA) is 30.9 Å². The zero-order valence-corrected chi connectivity index (χ0v) is 15.4. The molecule has 0 bridgehead atoms. The van der Waals surface area contributed by atoms with Crippen molar-refractivity contribution in [1.29, 1.82) is 0 Å². The number of alkyl halides is 3. The van der Waals surface area contributed by atoms with Crippen LogP contribution in [0.25, 0.3) is 0 Å². The molecule has 1 unspecified atom stereocenters.